The normalized spacial score (nSPS) is 10.6. The maximum atomic E-state index is 11.8. The molecule has 2 aromatic rings. The molecule has 0 aliphatic carbocycles. The number of benzene rings is 1. The summed E-state index contributed by atoms with van der Waals surface area (Å²) in [5.74, 6) is -0.735. The highest BCUT2D eigenvalue weighted by atomic mass is 35.5. The second kappa shape index (κ2) is 4.82. The third-order valence-electron chi connectivity index (χ3n) is 2.59. The number of carbonyl (C=O) groups is 2. The quantitative estimate of drug-likeness (QED) is 0.685. The first-order valence-electron chi connectivity index (χ1n) is 5.54. The zero-order chi connectivity index (χ0) is 13.3. The van der Waals surface area contributed by atoms with Crippen molar-refractivity contribution in [2.24, 2.45) is 0 Å². The number of nitrogens with one attached hydrogen (secondary N) is 1. The lowest BCUT2D eigenvalue weighted by atomic mass is 10.1. The molecule has 0 aliphatic rings. The van der Waals surface area contributed by atoms with Crippen LogP contribution in [0.1, 0.15) is 34.7 Å². The van der Waals surface area contributed by atoms with Crippen LogP contribution in [0.5, 0.6) is 0 Å². The second-order valence-corrected chi connectivity index (χ2v) is 4.28. The second-order valence-electron chi connectivity index (χ2n) is 3.84. The van der Waals surface area contributed by atoms with Gasteiger partial charge in [-0.2, -0.15) is 0 Å². The SMILES string of the molecule is CCOC(=O)c1[nH]c2ccc(Cl)cc2c1C(C)=O. The molecule has 1 aromatic carbocycles. The Morgan fingerprint density at radius 1 is 1.39 bits per heavy atom. The molecule has 0 fully saturated rings. The van der Waals surface area contributed by atoms with E-state index < -0.39 is 5.97 Å². The number of rotatable bonds is 3. The smallest absolute Gasteiger partial charge is 0.355 e. The number of ether oxygens (including phenoxy) is 1. The third kappa shape index (κ3) is 2.11. The summed E-state index contributed by atoms with van der Waals surface area (Å²) in [6.45, 7) is 3.38. The molecule has 0 saturated carbocycles. The number of H-pyrrole nitrogens is 1. The van der Waals surface area contributed by atoms with Gasteiger partial charge in [-0.1, -0.05) is 11.6 Å². The van der Waals surface area contributed by atoms with Gasteiger partial charge < -0.3 is 9.72 Å². The Labute approximate surface area is 109 Å². The van der Waals surface area contributed by atoms with Gasteiger partial charge in [0.05, 0.1) is 12.2 Å². The maximum Gasteiger partial charge on any atom is 0.355 e. The van der Waals surface area contributed by atoms with Crippen LogP contribution >= 0.6 is 11.6 Å². The summed E-state index contributed by atoms with van der Waals surface area (Å²) in [5.41, 5.74) is 1.19. The first-order chi connectivity index (χ1) is 8.54. The molecule has 1 aromatic heterocycles. The number of hydrogen-bond acceptors (Lipinski definition) is 3. The molecule has 0 radical (unpaired) electrons. The maximum absolute atomic E-state index is 11.8. The van der Waals surface area contributed by atoms with E-state index in [0.717, 1.165) is 0 Å². The summed E-state index contributed by atoms with van der Waals surface area (Å²) >= 11 is 5.90. The van der Waals surface area contributed by atoms with Crippen molar-refractivity contribution in [1.82, 2.24) is 4.98 Å². The molecule has 94 valence electrons. The fourth-order valence-electron chi connectivity index (χ4n) is 1.89. The van der Waals surface area contributed by atoms with Gasteiger partial charge in [-0.15, -0.1) is 0 Å². The zero-order valence-corrected chi connectivity index (χ0v) is 10.8. The van der Waals surface area contributed by atoms with Crippen LogP contribution in [0.2, 0.25) is 5.02 Å². The van der Waals surface area contributed by atoms with Gasteiger partial charge in [-0.3, -0.25) is 4.79 Å². The number of Topliss-reactive ketones (excluding diaryl/α,β-unsaturated/α-hetero) is 1. The number of carbonyl (C=O) groups excluding carboxylic acids is 2. The van der Waals surface area contributed by atoms with Crippen molar-refractivity contribution in [3.63, 3.8) is 0 Å². The largest absolute Gasteiger partial charge is 0.461 e. The molecule has 0 unspecified atom stereocenters. The minimum absolute atomic E-state index is 0.182. The molecule has 0 spiro atoms. The molecular formula is C13H12ClNO3. The molecule has 4 nitrogen and oxygen atoms in total. The molecule has 5 heteroatoms. The number of ketones is 1. The van der Waals surface area contributed by atoms with Crippen LogP contribution in [0.4, 0.5) is 0 Å². The van der Waals surface area contributed by atoms with Crippen LogP contribution < -0.4 is 0 Å². The molecule has 0 bridgehead atoms. The summed E-state index contributed by atoms with van der Waals surface area (Å²) in [6, 6.07) is 5.08. The first-order valence-corrected chi connectivity index (χ1v) is 5.91. The van der Waals surface area contributed by atoms with Crippen molar-refractivity contribution in [2.45, 2.75) is 13.8 Å². The van der Waals surface area contributed by atoms with Gasteiger partial charge in [0.25, 0.3) is 0 Å². The van der Waals surface area contributed by atoms with Crippen molar-refractivity contribution < 1.29 is 14.3 Å². The Morgan fingerprint density at radius 3 is 2.72 bits per heavy atom. The van der Waals surface area contributed by atoms with Gasteiger partial charge in [0.1, 0.15) is 5.69 Å². The third-order valence-corrected chi connectivity index (χ3v) is 2.83. The van der Waals surface area contributed by atoms with Crippen LogP contribution in [0.3, 0.4) is 0 Å². The van der Waals surface area contributed by atoms with E-state index in [2.05, 4.69) is 4.98 Å². The van der Waals surface area contributed by atoms with Crippen LogP contribution in [-0.2, 0) is 4.74 Å². The van der Waals surface area contributed by atoms with Gasteiger partial charge in [0.2, 0.25) is 0 Å². The van der Waals surface area contributed by atoms with E-state index in [0.29, 0.717) is 21.5 Å². The highest BCUT2D eigenvalue weighted by molar-refractivity contribution is 6.31. The fourth-order valence-corrected chi connectivity index (χ4v) is 2.06. The van der Waals surface area contributed by atoms with Gasteiger partial charge in [0.15, 0.2) is 5.78 Å². The average molecular weight is 266 g/mol. The summed E-state index contributed by atoms with van der Waals surface area (Å²) in [7, 11) is 0. The van der Waals surface area contributed by atoms with Gasteiger partial charge in [0, 0.05) is 15.9 Å². The molecule has 18 heavy (non-hydrogen) atoms. The number of aromatic amines is 1. The van der Waals surface area contributed by atoms with E-state index >= 15 is 0 Å². The van der Waals surface area contributed by atoms with Gasteiger partial charge in [-0.05, 0) is 32.0 Å². The Hall–Kier alpha value is -1.81. The Balaban J connectivity index is 2.69. The molecule has 1 N–H and O–H groups in total. The van der Waals surface area contributed by atoms with Crippen LogP contribution in [0.15, 0.2) is 18.2 Å². The minimum Gasteiger partial charge on any atom is -0.461 e. The minimum atomic E-state index is -0.532. The predicted molar refractivity (Wildman–Crippen MR) is 69.3 cm³/mol. The zero-order valence-electron chi connectivity index (χ0n) is 10.0. The van der Waals surface area contributed by atoms with Crippen molar-refractivity contribution in [1.29, 1.82) is 0 Å². The molecule has 0 atom stereocenters. The predicted octanol–water partition coefficient (Wildman–Crippen LogP) is 3.20. The Bertz CT molecular complexity index is 630. The lowest BCUT2D eigenvalue weighted by molar-refractivity contribution is 0.0517. The fraction of sp³-hybridized carbons (Fsp3) is 0.231. The summed E-state index contributed by atoms with van der Waals surface area (Å²) < 4.78 is 4.92. The lowest BCUT2D eigenvalue weighted by Crippen LogP contribution is -2.09. The number of aromatic nitrogens is 1. The van der Waals surface area contributed by atoms with E-state index in [1.807, 2.05) is 0 Å². The molecular weight excluding hydrogens is 254 g/mol. The van der Waals surface area contributed by atoms with Crippen molar-refractivity contribution in [3.05, 3.63) is 34.5 Å². The summed E-state index contributed by atoms with van der Waals surface area (Å²) in [6.07, 6.45) is 0. The van der Waals surface area contributed by atoms with E-state index in [1.54, 1.807) is 25.1 Å². The topological polar surface area (TPSA) is 59.2 Å². The lowest BCUT2D eigenvalue weighted by Gasteiger charge is -2.01. The molecule has 2 rings (SSSR count). The molecule has 1 heterocycles. The molecule has 0 saturated heterocycles. The van der Waals surface area contributed by atoms with Crippen LogP contribution in [0, 0.1) is 0 Å². The first kappa shape index (κ1) is 12.6. The number of halogens is 1. The van der Waals surface area contributed by atoms with Gasteiger partial charge in [-0.25, -0.2) is 4.79 Å². The summed E-state index contributed by atoms with van der Waals surface area (Å²) in [4.78, 5) is 26.4. The van der Waals surface area contributed by atoms with Crippen LogP contribution in [-0.4, -0.2) is 23.3 Å². The molecule has 0 amide bonds. The number of hydrogen-bond donors (Lipinski definition) is 1. The number of fused-ring (bicyclic) bond motifs is 1. The Morgan fingerprint density at radius 2 is 2.11 bits per heavy atom. The Kier molecular flexibility index (Phi) is 3.39. The van der Waals surface area contributed by atoms with Crippen molar-refractivity contribution >= 4 is 34.3 Å². The highest BCUT2D eigenvalue weighted by Gasteiger charge is 2.21. The highest BCUT2D eigenvalue weighted by Crippen LogP contribution is 2.26. The monoisotopic (exact) mass is 265 g/mol. The van der Waals surface area contributed by atoms with E-state index in [4.69, 9.17) is 16.3 Å². The standard InChI is InChI=1S/C13H12ClNO3/c1-3-18-13(17)12-11(7(2)16)9-6-8(14)4-5-10(9)15-12/h4-6,15H,3H2,1-2H3. The average Bonchev–Trinajstić information content (AvgIpc) is 2.67. The molecule has 0 aliphatic heterocycles. The number of esters is 1. The van der Waals surface area contributed by atoms with Crippen molar-refractivity contribution in [2.75, 3.05) is 6.61 Å². The summed E-state index contributed by atoms with van der Waals surface area (Å²) in [5, 5.41) is 1.15. The van der Waals surface area contributed by atoms with Gasteiger partial charge >= 0.3 is 5.97 Å². The van der Waals surface area contributed by atoms with E-state index in [1.165, 1.54) is 6.92 Å². The van der Waals surface area contributed by atoms with E-state index in [9.17, 15) is 9.59 Å². The van der Waals surface area contributed by atoms with Crippen molar-refractivity contribution in [3.8, 4) is 0 Å². The van der Waals surface area contributed by atoms with E-state index in [-0.39, 0.29) is 18.1 Å². The van der Waals surface area contributed by atoms with Crippen LogP contribution in [0.25, 0.3) is 10.9 Å².